The van der Waals surface area contributed by atoms with Crippen LogP contribution in [-0.2, 0) is 0 Å². The normalized spacial score (nSPS) is 10.8. The smallest absolute Gasteiger partial charge is 0.0886 e. The summed E-state index contributed by atoms with van der Waals surface area (Å²) in [5, 5.41) is 3.90. The molecule has 0 aliphatic rings. The third kappa shape index (κ3) is 3.50. The summed E-state index contributed by atoms with van der Waals surface area (Å²) in [5.74, 6) is 0. The molecule has 0 spiro atoms. The number of hydrogen-bond acceptors (Lipinski definition) is 2. The summed E-state index contributed by atoms with van der Waals surface area (Å²) in [4.78, 5) is 9.06. The Kier molecular flexibility index (Phi) is 4.63. The molecule has 0 atom stereocenters. The first-order valence-electron chi connectivity index (χ1n) is 8.19. The Morgan fingerprint density at radius 1 is 0.480 bits per heavy atom. The Hall–Kier alpha value is -2.83. The van der Waals surface area contributed by atoms with Gasteiger partial charge in [0, 0.05) is 17.7 Å². The van der Waals surface area contributed by atoms with Crippen LogP contribution in [0.15, 0.2) is 103 Å². The number of benzene rings is 2. The molecule has 0 amide bonds. The average molecular weight is 340 g/mol. The van der Waals surface area contributed by atoms with Gasteiger partial charge in [0.25, 0.3) is 0 Å². The molecule has 0 saturated carbocycles. The third-order valence-corrected chi connectivity index (χ3v) is 6.37. The molecule has 0 N–H and O–H groups in total. The topological polar surface area (TPSA) is 25.8 Å². The first-order valence-corrected chi connectivity index (χ1v) is 9.54. The van der Waals surface area contributed by atoms with Crippen molar-refractivity contribution in [3.05, 3.63) is 103 Å². The molecule has 3 heteroatoms. The van der Waals surface area contributed by atoms with E-state index in [1.807, 2.05) is 24.4 Å². The zero-order valence-electron chi connectivity index (χ0n) is 13.7. The maximum atomic E-state index is 4.67. The molecule has 0 fully saturated rings. The fourth-order valence-electron chi connectivity index (χ4n) is 2.79. The Labute approximate surface area is 149 Å². The van der Waals surface area contributed by atoms with Gasteiger partial charge in [0.15, 0.2) is 0 Å². The van der Waals surface area contributed by atoms with Crippen molar-refractivity contribution in [1.82, 2.24) is 9.97 Å². The van der Waals surface area contributed by atoms with E-state index in [4.69, 9.17) is 0 Å². The van der Waals surface area contributed by atoms with Crippen LogP contribution < -0.4 is 15.9 Å². The molecule has 2 nitrogen and oxygen atoms in total. The van der Waals surface area contributed by atoms with Crippen LogP contribution >= 0.6 is 7.92 Å². The molecule has 0 saturated heterocycles. The van der Waals surface area contributed by atoms with Gasteiger partial charge in [-0.25, -0.2) is 0 Å². The summed E-state index contributed by atoms with van der Waals surface area (Å²) >= 11 is 0. The first-order chi connectivity index (χ1) is 12.4. The van der Waals surface area contributed by atoms with Gasteiger partial charge in [-0.15, -0.1) is 0 Å². The van der Waals surface area contributed by atoms with Gasteiger partial charge in [0.2, 0.25) is 0 Å². The van der Waals surface area contributed by atoms with E-state index < -0.39 is 7.92 Å². The molecular weight excluding hydrogens is 323 g/mol. The zero-order valence-corrected chi connectivity index (χ0v) is 14.6. The number of hydrogen-bond donors (Lipinski definition) is 0. The lowest BCUT2D eigenvalue weighted by molar-refractivity contribution is 1.25. The van der Waals surface area contributed by atoms with Crippen LogP contribution in [0.5, 0.6) is 0 Å². The highest BCUT2D eigenvalue weighted by Gasteiger charge is 2.16. The van der Waals surface area contributed by atoms with Crippen molar-refractivity contribution in [2.24, 2.45) is 0 Å². The van der Waals surface area contributed by atoms with Crippen molar-refractivity contribution in [2.45, 2.75) is 0 Å². The van der Waals surface area contributed by atoms with Crippen molar-refractivity contribution >= 4 is 23.8 Å². The highest BCUT2D eigenvalue weighted by atomic mass is 31.1. The van der Waals surface area contributed by atoms with Crippen LogP contribution in [0.1, 0.15) is 0 Å². The molecule has 0 aliphatic heterocycles. The van der Waals surface area contributed by atoms with E-state index in [1.165, 1.54) is 15.9 Å². The summed E-state index contributed by atoms with van der Waals surface area (Å²) in [7, 11) is -0.610. The van der Waals surface area contributed by atoms with Gasteiger partial charge in [-0.2, -0.15) is 0 Å². The van der Waals surface area contributed by atoms with Crippen LogP contribution in [0.25, 0.3) is 11.4 Å². The maximum Gasteiger partial charge on any atom is 0.0886 e. The van der Waals surface area contributed by atoms with E-state index in [-0.39, 0.29) is 0 Å². The van der Waals surface area contributed by atoms with Crippen molar-refractivity contribution in [1.29, 1.82) is 0 Å². The van der Waals surface area contributed by atoms with Gasteiger partial charge in [-0.3, -0.25) is 9.97 Å². The van der Waals surface area contributed by atoms with Crippen molar-refractivity contribution in [3.63, 3.8) is 0 Å². The molecule has 0 radical (unpaired) electrons. The molecule has 4 aromatic rings. The van der Waals surface area contributed by atoms with Crippen LogP contribution in [0.4, 0.5) is 0 Å². The number of aromatic nitrogens is 2. The second-order valence-electron chi connectivity index (χ2n) is 5.62. The highest BCUT2D eigenvalue weighted by Crippen LogP contribution is 2.32. The SMILES string of the molecule is c1ccc(P(c2ccccc2)c2ccc(-c3ccccn3)nc2)cc1. The molecule has 0 aliphatic carbocycles. The number of nitrogens with zero attached hydrogens (tertiary/aromatic N) is 2. The maximum absolute atomic E-state index is 4.67. The third-order valence-electron chi connectivity index (χ3n) is 3.96. The van der Waals surface area contributed by atoms with Crippen LogP contribution in [0.2, 0.25) is 0 Å². The largest absolute Gasteiger partial charge is 0.255 e. The van der Waals surface area contributed by atoms with E-state index in [0.29, 0.717) is 0 Å². The molecule has 2 aromatic carbocycles. The summed E-state index contributed by atoms with van der Waals surface area (Å²) in [6, 6.07) is 31.5. The fraction of sp³-hybridized carbons (Fsp3) is 0. The molecule has 4 rings (SSSR count). The summed E-state index contributed by atoms with van der Waals surface area (Å²) in [6.07, 6.45) is 3.79. The molecular formula is C22H17N2P. The van der Waals surface area contributed by atoms with E-state index in [2.05, 4.69) is 82.8 Å². The van der Waals surface area contributed by atoms with E-state index in [9.17, 15) is 0 Å². The minimum Gasteiger partial charge on any atom is -0.255 e. The van der Waals surface area contributed by atoms with Crippen LogP contribution in [0, 0.1) is 0 Å². The van der Waals surface area contributed by atoms with E-state index in [0.717, 1.165) is 11.4 Å². The van der Waals surface area contributed by atoms with E-state index in [1.54, 1.807) is 6.20 Å². The predicted molar refractivity (Wildman–Crippen MR) is 106 cm³/mol. The molecule has 25 heavy (non-hydrogen) atoms. The van der Waals surface area contributed by atoms with Crippen molar-refractivity contribution in [3.8, 4) is 11.4 Å². The van der Waals surface area contributed by atoms with E-state index >= 15 is 0 Å². The predicted octanol–water partition coefficient (Wildman–Crippen LogP) is 3.90. The number of pyridine rings is 2. The second kappa shape index (κ2) is 7.38. The van der Waals surface area contributed by atoms with Crippen molar-refractivity contribution < 1.29 is 0 Å². The quantitative estimate of drug-likeness (QED) is 0.527. The molecule has 2 heterocycles. The molecule has 2 aromatic heterocycles. The Morgan fingerprint density at radius 3 is 1.60 bits per heavy atom. The lowest BCUT2D eigenvalue weighted by Crippen LogP contribution is -2.20. The van der Waals surface area contributed by atoms with Gasteiger partial charge in [0.1, 0.15) is 0 Å². The first kappa shape index (κ1) is 15.7. The Bertz CT molecular complexity index is 884. The van der Waals surface area contributed by atoms with Gasteiger partial charge >= 0.3 is 0 Å². The minimum atomic E-state index is -0.610. The van der Waals surface area contributed by atoms with Gasteiger partial charge in [0.05, 0.1) is 11.4 Å². The Balaban J connectivity index is 1.75. The fourth-order valence-corrected chi connectivity index (χ4v) is 5.02. The highest BCUT2D eigenvalue weighted by molar-refractivity contribution is 7.79. The zero-order chi connectivity index (χ0) is 16.9. The van der Waals surface area contributed by atoms with Gasteiger partial charge in [-0.05, 0) is 36.7 Å². The summed E-state index contributed by atoms with van der Waals surface area (Å²) < 4.78 is 0. The van der Waals surface area contributed by atoms with Crippen LogP contribution in [-0.4, -0.2) is 9.97 Å². The van der Waals surface area contributed by atoms with Crippen LogP contribution in [0.3, 0.4) is 0 Å². The Morgan fingerprint density at radius 2 is 1.08 bits per heavy atom. The second-order valence-corrected chi connectivity index (χ2v) is 7.84. The van der Waals surface area contributed by atoms with Crippen molar-refractivity contribution in [2.75, 3.05) is 0 Å². The average Bonchev–Trinajstić information content (AvgIpc) is 2.71. The summed E-state index contributed by atoms with van der Waals surface area (Å²) in [6.45, 7) is 0. The molecule has 0 unspecified atom stereocenters. The number of rotatable bonds is 4. The summed E-state index contributed by atoms with van der Waals surface area (Å²) in [5.41, 5.74) is 1.80. The molecule has 0 bridgehead atoms. The molecule has 120 valence electrons. The minimum absolute atomic E-state index is 0.610. The monoisotopic (exact) mass is 340 g/mol. The van der Waals surface area contributed by atoms with Gasteiger partial charge in [-0.1, -0.05) is 72.8 Å². The van der Waals surface area contributed by atoms with Gasteiger partial charge < -0.3 is 0 Å². The standard InChI is InChI=1S/C22H17N2P/c1-3-9-18(10-4-1)25(19-11-5-2-6-12-19)20-14-15-22(24-17-20)21-13-7-8-16-23-21/h1-17H. The lowest BCUT2D eigenvalue weighted by Gasteiger charge is -2.19. The lowest BCUT2D eigenvalue weighted by atomic mass is 10.2.